The van der Waals surface area contributed by atoms with Crippen molar-refractivity contribution in [3.8, 4) is 6.07 Å². The zero-order valence-electron chi connectivity index (χ0n) is 6.08. The first-order chi connectivity index (χ1) is 4.84. The number of nitriles is 1. The molecule has 10 heavy (non-hydrogen) atoms. The van der Waals surface area contributed by atoms with E-state index in [1.165, 1.54) is 19.3 Å². The lowest BCUT2D eigenvalue weighted by atomic mass is 9.86. The Labute approximate surface area is 61.5 Å². The molecule has 1 fully saturated rings. The third-order valence-corrected chi connectivity index (χ3v) is 2.23. The summed E-state index contributed by atoms with van der Waals surface area (Å²) in [5.41, 5.74) is 0. The lowest BCUT2D eigenvalue weighted by molar-refractivity contribution is 0.131. The number of rotatable bonds is 1. The monoisotopic (exact) mass is 139 g/mol. The molecular formula is C8H13NO. The zero-order chi connectivity index (χ0) is 7.40. The van der Waals surface area contributed by atoms with E-state index < -0.39 is 6.10 Å². The first-order valence-corrected chi connectivity index (χ1v) is 3.92. The maximum Gasteiger partial charge on any atom is 0.143 e. The minimum Gasteiger partial charge on any atom is -0.378 e. The molecule has 1 aliphatic carbocycles. The highest BCUT2D eigenvalue weighted by Gasteiger charge is 2.20. The second-order valence-electron chi connectivity index (χ2n) is 2.97. The normalized spacial score (nSPS) is 23.6. The molecule has 0 heterocycles. The third-order valence-electron chi connectivity index (χ3n) is 2.23. The summed E-state index contributed by atoms with van der Waals surface area (Å²) in [6.45, 7) is 0. The number of aliphatic hydroxyl groups excluding tert-OH is 1. The summed E-state index contributed by atoms with van der Waals surface area (Å²) in [5.74, 6) is 0.263. The van der Waals surface area contributed by atoms with Gasteiger partial charge in [-0.1, -0.05) is 19.3 Å². The van der Waals surface area contributed by atoms with Crippen LogP contribution >= 0.6 is 0 Å². The van der Waals surface area contributed by atoms with Gasteiger partial charge >= 0.3 is 0 Å². The molecule has 0 radical (unpaired) electrons. The van der Waals surface area contributed by atoms with Crippen LogP contribution in [-0.4, -0.2) is 11.2 Å². The van der Waals surface area contributed by atoms with Crippen molar-refractivity contribution in [1.29, 1.82) is 5.26 Å². The molecule has 0 aromatic carbocycles. The van der Waals surface area contributed by atoms with Gasteiger partial charge in [0.1, 0.15) is 6.10 Å². The van der Waals surface area contributed by atoms with E-state index in [0.29, 0.717) is 0 Å². The van der Waals surface area contributed by atoms with Crippen LogP contribution in [0.25, 0.3) is 0 Å². The molecule has 0 amide bonds. The topological polar surface area (TPSA) is 44.0 Å². The molecule has 2 nitrogen and oxygen atoms in total. The van der Waals surface area contributed by atoms with Gasteiger partial charge in [-0.25, -0.2) is 0 Å². The van der Waals surface area contributed by atoms with Gasteiger partial charge in [0, 0.05) is 0 Å². The molecule has 1 rings (SSSR count). The summed E-state index contributed by atoms with van der Waals surface area (Å²) in [4.78, 5) is 0. The van der Waals surface area contributed by atoms with Crippen molar-refractivity contribution in [3.05, 3.63) is 0 Å². The standard InChI is InChI=1S/C8H13NO/c9-6-8(10)7-4-2-1-3-5-7/h7-8,10H,1-5H2/t8-/m0/s1. The van der Waals surface area contributed by atoms with E-state index in [4.69, 9.17) is 10.4 Å². The number of nitrogens with zero attached hydrogens (tertiary/aromatic N) is 1. The van der Waals surface area contributed by atoms with Crippen LogP contribution in [0.3, 0.4) is 0 Å². The maximum atomic E-state index is 9.12. The molecule has 0 aromatic rings. The van der Waals surface area contributed by atoms with Crippen molar-refractivity contribution in [2.75, 3.05) is 0 Å². The fourth-order valence-electron chi connectivity index (χ4n) is 1.56. The number of hydrogen-bond acceptors (Lipinski definition) is 2. The molecule has 1 saturated carbocycles. The molecule has 1 atom stereocenters. The SMILES string of the molecule is N#C[C@H](O)C1CCCCC1. The summed E-state index contributed by atoms with van der Waals surface area (Å²) in [5, 5.41) is 17.5. The molecule has 1 N–H and O–H groups in total. The Morgan fingerprint density at radius 1 is 1.30 bits per heavy atom. The molecule has 0 bridgehead atoms. The molecular weight excluding hydrogens is 126 g/mol. The van der Waals surface area contributed by atoms with E-state index in [2.05, 4.69) is 0 Å². The second-order valence-corrected chi connectivity index (χ2v) is 2.97. The van der Waals surface area contributed by atoms with Gasteiger partial charge in [0.15, 0.2) is 0 Å². The van der Waals surface area contributed by atoms with Crippen LogP contribution in [0.1, 0.15) is 32.1 Å². The van der Waals surface area contributed by atoms with Gasteiger partial charge in [0.05, 0.1) is 6.07 Å². The zero-order valence-corrected chi connectivity index (χ0v) is 6.08. The average Bonchev–Trinajstić information content (AvgIpc) is 2.05. The Bertz CT molecular complexity index is 133. The van der Waals surface area contributed by atoms with E-state index in [9.17, 15) is 0 Å². The summed E-state index contributed by atoms with van der Waals surface area (Å²) >= 11 is 0. The second kappa shape index (κ2) is 3.58. The summed E-state index contributed by atoms with van der Waals surface area (Å²) < 4.78 is 0. The van der Waals surface area contributed by atoms with Crippen molar-refractivity contribution >= 4 is 0 Å². The fraction of sp³-hybridized carbons (Fsp3) is 0.875. The predicted octanol–water partition coefficient (Wildman–Crippen LogP) is 1.45. The number of aliphatic hydroxyl groups is 1. The molecule has 56 valence electrons. The van der Waals surface area contributed by atoms with Crippen LogP contribution in [0.2, 0.25) is 0 Å². The summed E-state index contributed by atoms with van der Waals surface area (Å²) in [7, 11) is 0. The van der Waals surface area contributed by atoms with E-state index in [1.807, 2.05) is 6.07 Å². The first-order valence-electron chi connectivity index (χ1n) is 3.92. The Kier molecular flexibility index (Phi) is 2.70. The molecule has 0 aromatic heterocycles. The van der Waals surface area contributed by atoms with Crippen molar-refractivity contribution in [2.24, 2.45) is 5.92 Å². The molecule has 0 aliphatic heterocycles. The highest BCUT2D eigenvalue weighted by atomic mass is 16.3. The first kappa shape index (κ1) is 7.56. The van der Waals surface area contributed by atoms with Crippen LogP contribution in [-0.2, 0) is 0 Å². The van der Waals surface area contributed by atoms with Gasteiger partial charge < -0.3 is 5.11 Å². The quantitative estimate of drug-likeness (QED) is 0.559. The van der Waals surface area contributed by atoms with E-state index >= 15 is 0 Å². The molecule has 1 aliphatic rings. The molecule has 2 heteroatoms. The van der Waals surface area contributed by atoms with Crippen molar-refractivity contribution in [2.45, 2.75) is 38.2 Å². The van der Waals surface area contributed by atoms with Crippen LogP contribution in [0.4, 0.5) is 0 Å². The van der Waals surface area contributed by atoms with Gasteiger partial charge in [-0.15, -0.1) is 0 Å². The van der Waals surface area contributed by atoms with Gasteiger partial charge in [-0.2, -0.15) is 5.26 Å². The minimum atomic E-state index is -0.708. The Balaban J connectivity index is 2.33. The van der Waals surface area contributed by atoms with Crippen LogP contribution in [0.15, 0.2) is 0 Å². The van der Waals surface area contributed by atoms with E-state index in [1.54, 1.807) is 0 Å². The van der Waals surface area contributed by atoms with Crippen LogP contribution < -0.4 is 0 Å². The third kappa shape index (κ3) is 1.71. The lowest BCUT2D eigenvalue weighted by Gasteiger charge is -2.21. The molecule has 0 unspecified atom stereocenters. The van der Waals surface area contributed by atoms with Gasteiger partial charge in [0.2, 0.25) is 0 Å². The van der Waals surface area contributed by atoms with Crippen LogP contribution in [0, 0.1) is 17.2 Å². The van der Waals surface area contributed by atoms with Gasteiger partial charge in [0.25, 0.3) is 0 Å². The van der Waals surface area contributed by atoms with Gasteiger partial charge in [-0.05, 0) is 18.8 Å². The van der Waals surface area contributed by atoms with Crippen LogP contribution in [0.5, 0.6) is 0 Å². The average molecular weight is 139 g/mol. The highest BCUT2D eigenvalue weighted by Crippen LogP contribution is 2.25. The van der Waals surface area contributed by atoms with E-state index in [-0.39, 0.29) is 5.92 Å². The van der Waals surface area contributed by atoms with Crippen molar-refractivity contribution < 1.29 is 5.11 Å². The molecule has 0 saturated heterocycles. The largest absolute Gasteiger partial charge is 0.378 e. The smallest absolute Gasteiger partial charge is 0.143 e. The minimum absolute atomic E-state index is 0.263. The molecule has 0 spiro atoms. The Hall–Kier alpha value is -0.550. The highest BCUT2D eigenvalue weighted by molar-refractivity contribution is 4.88. The predicted molar refractivity (Wildman–Crippen MR) is 38.2 cm³/mol. The van der Waals surface area contributed by atoms with E-state index in [0.717, 1.165) is 12.8 Å². The van der Waals surface area contributed by atoms with Crippen molar-refractivity contribution in [3.63, 3.8) is 0 Å². The lowest BCUT2D eigenvalue weighted by Crippen LogP contribution is -2.20. The van der Waals surface area contributed by atoms with Gasteiger partial charge in [-0.3, -0.25) is 0 Å². The van der Waals surface area contributed by atoms with Crippen molar-refractivity contribution in [1.82, 2.24) is 0 Å². The summed E-state index contributed by atoms with van der Waals surface area (Å²) in [6, 6.07) is 1.89. The summed E-state index contributed by atoms with van der Waals surface area (Å²) in [6.07, 6.45) is 5.01. The number of hydrogen-bond donors (Lipinski definition) is 1. The Morgan fingerprint density at radius 2 is 1.90 bits per heavy atom. The Morgan fingerprint density at radius 3 is 2.40 bits per heavy atom. The maximum absolute atomic E-state index is 9.12. The fourth-order valence-corrected chi connectivity index (χ4v) is 1.56.